The van der Waals surface area contributed by atoms with Crippen molar-refractivity contribution in [3.63, 3.8) is 0 Å². The highest BCUT2D eigenvalue weighted by atomic mass is 19.4. The zero-order valence-electron chi connectivity index (χ0n) is 11.6. The fraction of sp³-hybridized carbons (Fsp3) is 0.462. The number of aromatic nitrogens is 4. The average Bonchev–Trinajstić information content (AvgIpc) is 3.00. The van der Waals surface area contributed by atoms with E-state index in [2.05, 4.69) is 20.0 Å². The lowest BCUT2D eigenvalue weighted by Crippen LogP contribution is -2.26. The Kier molecular flexibility index (Phi) is 3.42. The first-order chi connectivity index (χ1) is 10.3. The highest BCUT2D eigenvalue weighted by Gasteiger charge is 2.45. The standard InChI is InChI=1S/C13H13F3N4O2/c1-20-6-8(5-17-20)11(13(14,15)16)22-12(21)10-4-9(18-19-10)7-2-3-7/h4-7,11H,2-3H2,1H3,(H,18,19)/t11-/m1/s1. The van der Waals surface area contributed by atoms with E-state index in [4.69, 9.17) is 0 Å². The number of H-pyrrole nitrogens is 1. The number of nitrogens with zero attached hydrogens (tertiary/aromatic N) is 3. The van der Waals surface area contributed by atoms with Gasteiger partial charge in [-0.3, -0.25) is 9.78 Å². The van der Waals surface area contributed by atoms with Crippen molar-refractivity contribution in [1.82, 2.24) is 20.0 Å². The average molecular weight is 314 g/mol. The summed E-state index contributed by atoms with van der Waals surface area (Å²) in [5.74, 6) is -0.805. The first kappa shape index (κ1) is 14.6. The summed E-state index contributed by atoms with van der Waals surface area (Å²) in [6.45, 7) is 0. The highest BCUT2D eigenvalue weighted by Crippen LogP contribution is 2.39. The molecule has 1 atom stereocenters. The van der Waals surface area contributed by atoms with E-state index in [1.54, 1.807) is 0 Å². The fourth-order valence-electron chi connectivity index (χ4n) is 2.11. The van der Waals surface area contributed by atoms with Crippen LogP contribution in [0.15, 0.2) is 18.5 Å². The molecule has 0 radical (unpaired) electrons. The Morgan fingerprint density at radius 2 is 2.23 bits per heavy atom. The van der Waals surface area contributed by atoms with E-state index in [0.29, 0.717) is 5.92 Å². The molecule has 0 amide bonds. The Morgan fingerprint density at radius 1 is 1.50 bits per heavy atom. The van der Waals surface area contributed by atoms with Crippen LogP contribution in [-0.4, -0.2) is 32.1 Å². The third-order valence-corrected chi connectivity index (χ3v) is 3.37. The van der Waals surface area contributed by atoms with Crippen molar-refractivity contribution in [3.05, 3.63) is 35.4 Å². The van der Waals surface area contributed by atoms with Crippen LogP contribution in [-0.2, 0) is 11.8 Å². The molecule has 6 nitrogen and oxygen atoms in total. The molecule has 3 rings (SSSR count). The normalized spacial score (nSPS) is 16.5. The lowest BCUT2D eigenvalue weighted by molar-refractivity contribution is -0.207. The predicted octanol–water partition coefficient (Wildman–Crippen LogP) is 2.48. The largest absolute Gasteiger partial charge is 0.443 e. The van der Waals surface area contributed by atoms with Gasteiger partial charge in [0.25, 0.3) is 0 Å². The Hall–Kier alpha value is -2.32. The molecule has 2 aromatic rings. The summed E-state index contributed by atoms with van der Waals surface area (Å²) in [5, 5.41) is 10.0. The molecule has 0 spiro atoms. The van der Waals surface area contributed by atoms with Crippen LogP contribution < -0.4 is 0 Å². The third-order valence-electron chi connectivity index (χ3n) is 3.37. The second kappa shape index (κ2) is 5.15. The van der Waals surface area contributed by atoms with Crippen molar-refractivity contribution in [2.75, 3.05) is 0 Å². The van der Waals surface area contributed by atoms with Gasteiger partial charge >= 0.3 is 12.1 Å². The minimum Gasteiger partial charge on any atom is -0.443 e. The van der Waals surface area contributed by atoms with Crippen LogP contribution in [0, 0.1) is 0 Å². The van der Waals surface area contributed by atoms with Gasteiger partial charge in [0, 0.05) is 30.4 Å². The fourth-order valence-corrected chi connectivity index (χ4v) is 2.11. The Labute approximate surface area is 123 Å². The maximum Gasteiger partial charge on any atom is 0.429 e. The van der Waals surface area contributed by atoms with Crippen molar-refractivity contribution in [2.45, 2.75) is 31.0 Å². The molecule has 2 heterocycles. The Bertz CT molecular complexity index is 688. The molecule has 0 unspecified atom stereocenters. The van der Waals surface area contributed by atoms with Gasteiger partial charge in [0.1, 0.15) is 0 Å². The number of hydrogen-bond acceptors (Lipinski definition) is 4. The van der Waals surface area contributed by atoms with Gasteiger partial charge in [0.15, 0.2) is 5.69 Å². The van der Waals surface area contributed by atoms with Crippen molar-refractivity contribution in [2.24, 2.45) is 7.05 Å². The van der Waals surface area contributed by atoms with Gasteiger partial charge in [-0.15, -0.1) is 0 Å². The molecular weight excluding hydrogens is 301 g/mol. The van der Waals surface area contributed by atoms with Crippen LogP contribution >= 0.6 is 0 Å². The number of aromatic amines is 1. The summed E-state index contributed by atoms with van der Waals surface area (Å²) in [5.41, 5.74) is 0.359. The van der Waals surface area contributed by atoms with Gasteiger partial charge in [-0.2, -0.15) is 23.4 Å². The summed E-state index contributed by atoms with van der Waals surface area (Å²) in [7, 11) is 1.48. The van der Waals surface area contributed by atoms with E-state index in [0.717, 1.165) is 30.9 Å². The molecule has 22 heavy (non-hydrogen) atoms. The van der Waals surface area contributed by atoms with E-state index < -0.39 is 18.2 Å². The van der Waals surface area contributed by atoms with E-state index in [9.17, 15) is 18.0 Å². The number of hydrogen-bond donors (Lipinski definition) is 1. The lowest BCUT2D eigenvalue weighted by Gasteiger charge is -2.18. The lowest BCUT2D eigenvalue weighted by atomic mass is 10.2. The molecule has 0 aromatic carbocycles. The van der Waals surface area contributed by atoms with Gasteiger partial charge in [-0.25, -0.2) is 4.79 Å². The first-order valence-corrected chi connectivity index (χ1v) is 6.66. The van der Waals surface area contributed by atoms with Crippen LogP contribution in [0.4, 0.5) is 13.2 Å². The number of nitrogens with one attached hydrogen (secondary N) is 1. The minimum absolute atomic E-state index is 0.153. The van der Waals surface area contributed by atoms with Crippen molar-refractivity contribution >= 4 is 5.97 Å². The molecule has 1 aliphatic carbocycles. The highest BCUT2D eigenvalue weighted by molar-refractivity contribution is 5.87. The Balaban J connectivity index is 1.78. The number of carbonyl (C=O) groups excluding carboxylic acids is 1. The molecule has 1 fully saturated rings. The van der Waals surface area contributed by atoms with Crippen LogP contribution in [0.2, 0.25) is 0 Å². The summed E-state index contributed by atoms with van der Waals surface area (Å²) in [4.78, 5) is 11.9. The number of rotatable bonds is 4. The summed E-state index contributed by atoms with van der Waals surface area (Å²) < 4.78 is 45.1. The number of ether oxygens (including phenoxy) is 1. The van der Waals surface area contributed by atoms with Gasteiger partial charge in [0.05, 0.1) is 6.20 Å². The molecule has 9 heteroatoms. The number of alkyl halides is 3. The van der Waals surface area contributed by atoms with Crippen LogP contribution in [0.25, 0.3) is 0 Å². The number of esters is 1. The number of halogens is 3. The second-order valence-electron chi connectivity index (χ2n) is 5.26. The summed E-state index contributed by atoms with van der Waals surface area (Å²) in [6, 6.07) is 1.44. The van der Waals surface area contributed by atoms with Crippen molar-refractivity contribution in [3.8, 4) is 0 Å². The zero-order chi connectivity index (χ0) is 15.9. The minimum atomic E-state index is -4.73. The monoisotopic (exact) mass is 314 g/mol. The van der Waals surface area contributed by atoms with Gasteiger partial charge in [-0.05, 0) is 18.9 Å². The molecular formula is C13H13F3N4O2. The van der Waals surface area contributed by atoms with E-state index >= 15 is 0 Å². The van der Waals surface area contributed by atoms with E-state index in [1.165, 1.54) is 17.8 Å². The van der Waals surface area contributed by atoms with Gasteiger partial charge in [-0.1, -0.05) is 0 Å². The van der Waals surface area contributed by atoms with Crippen LogP contribution in [0.3, 0.4) is 0 Å². The molecule has 1 N–H and O–H groups in total. The molecule has 0 saturated heterocycles. The molecule has 1 saturated carbocycles. The zero-order valence-corrected chi connectivity index (χ0v) is 11.6. The third kappa shape index (κ3) is 2.97. The van der Waals surface area contributed by atoms with Gasteiger partial charge < -0.3 is 4.74 Å². The van der Waals surface area contributed by atoms with Crippen LogP contribution in [0.5, 0.6) is 0 Å². The molecule has 0 aliphatic heterocycles. The summed E-state index contributed by atoms with van der Waals surface area (Å²) >= 11 is 0. The summed E-state index contributed by atoms with van der Waals surface area (Å²) in [6.07, 6.45) is -2.95. The molecule has 2 aromatic heterocycles. The van der Waals surface area contributed by atoms with Crippen molar-refractivity contribution < 1.29 is 22.7 Å². The molecule has 118 valence electrons. The SMILES string of the molecule is Cn1cc([C@@H](OC(=O)c2cc(C3CC3)[nH]n2)C(F)(F)F)cn1. The Morgan fingerprint density at radius 3 is 2.77 bits per heavy atom. The number of carbonyl (C=O) groups is 1. The first-order valence-electron chi connectivity index (χ1n) is 6.66. The smallest absolute Gasteiger partial charge is 0.429 e. The van der Waals surface area contributed by atoms with Gasteiger partial charge in [0.2, 0.25) is 6.10 Å². The van der Waals surface area contributed by atoms with E-state index in [-0.39, 0.29) is 11.3 Å². The maximum atomic E-state index is 13.1. The number of aryl methyl sites for hydroxylation is 1. The quantitative estimate of drug-likeness (QED) is 0.880. The van der Waals surface area contributed by atoms with Crippen molar-refractivity contribution in [1.29, 1.82) is 0 Å². The van der Waals surface area contributed by atoms with E-state index in [1.807, 2.05) is 0 Å². The van der Waals surface area contributed by atoms with Crippen LogP contribution in [0.1, 0.15) is 46.6 Å². The molecule has 1 aliphatic rings. The predicted molar refractivity (Wildman–Crippen MR) is 68.0 cm³/mol. The second-order valence-corrected chi connectivity index (χ2v) is 5.26. The maximum absolute atomic E-state index is 13.1. The topological polar surface area (TPSA) is 72.8 Å². The molecule has 0 bridgehead atoms.